The summed E-state index contributed by atoms with van der Waals surface area (Å²) < 4.78 is 0. The van der Waals surface area contributed by atoms with Crippen LogP contribution in [0.25, 0.3) is 0 Å². The van der Waals surface area contributed by atoms with Crippen LogP contribution in [0.3, 0.4) is 0 Å². The van der Waals surface area contributed by atoms with Crippen molar-refractivity contribution in [1.29, 1.82) is 0 Å². The molecule has 0 aliphatic heterocycles. The molecule has 0 bridgehead atoms. The van der Waals surface area contributed by atoms with Crippen molar-refractivity contribution in [2.75, 3.05) is 11.4 Å². The zero-order valence-electron chi connectivity index (χ0n) is 12.8. The zero-order chi connectivity index (χ0) is 15.5. The molecule has 0 aromatic heterocycles. The SMILES string of the molecule is CCN(C(=O)CC1(C(=O)O)CCCC1)c1ccccc1C. The summed E-state index contributed by atoms with van der Waals surface area (Å²) in [5, 5.41) is 9.52. The number of carboxylic acids is 1. The second kappa shape index (κ2) is 6.29. The minimum atomic E-state index is -0.854. The van der Waals surface area contributed by atoms with Gasteiger partial charge >= 0.3 is 5.97 Å². The Balaban J connectivity index is 2.21. The molecule has 0 spiro atoms. The molecule has 4 heteroatoms. The van der Waals surface area contributed by atoms with Gasteiger partial charge in [0.05, 0.1) is 5.41 Å². The number of aliphatic carboxylic acids is 1. The van der Waals surface area contributed by atoms with Crippen molar-refractivity contribution in [2.24, 2.45) is 5.41 Å². The topological polar surface area (TPSA) is 57.6 Å². The van der Waals surface area contributed by atoms with Gasteiger partial charge in [0, 0.05) is 18.7 Å². The number of nitrogens with zero attached hydrogens (tertiary/aromatic N) is 1. The van der Waals surface area contributed by atoms with Gasteiger partial charge in [-0.25, -0.2) is 0 Å². The van der Waals surface area contributed by atoms with Gasteiger partial charge in [-0.05, 0) is 38.3 Å². The van der Waals surface area contributed by atoms with Gasteiger partial charge in [-0.1, -0.05) is 31.0 Å². The molecule has 1 fully saturated rings. The molecule has 1 aliphatic rings. The third-order valence-electron chi connectivity index (χ3n) is 4.53. The van der Waals surface area contributed by atoms with Gasteiger partial charge in [0.1, 0.15) is 0 Å². The van der Waals surface area contributed by atoms with E-state index in [-0.39, 0.29) is 12.3 Å². The Morgan fingerprint density at radius 3 is 2.38 bits per heavy atom. The number of carboxylic acid groups (broad SMARTS) is 1. The van der Waals surface area contributed by atoms with E-state index in [4.69, 9.17) is 0 Å². The summed E-state index contributed by atoms with van der Waals surface area (Å²) in [7, 11) is 0. The van der Waals surface area contributed by atoms with E-state index in [1.54, 1.807) is 4.90 Å². The van der Waals surface area contributed by atoms with Gasteiger partial charge in [-0.2, -0.15) is 0 Å². The molecule has 1 aromatic rings. The van der Waals surface area contributed by atoms with Crippen LogP contribution in [0, 0.1) is 12.3 Å². The minimum absolute atomic E-state index is 0.0869. The Bertz CT molecular complexity index is 533. The van der Waals surface area contributed by atoms with Crippen LogP contribution in [0.15, 0.2) is 24.3 Å². The second-order valence-corrected chi connectivity index (χ2v) is 5.89. The molecule has 1 amide bonds. The van der Waals surface area contributed by atoms with Gasteiger partial charge in [-0.15, -0.1) is 0 Å². The monoisotopic (exact) mass is 289 g/mol. The number of rotatable bonds is 5. The lowest BCUT2D eigenvalue weighted by molar-refractivity contribution is -0.151. The molecule has 1 saturated carbocycles. The van der Waals surface area contributed by atoms with Gasteiger partial charge in [0.25, 0.3) is 0 Å². The average Bonchev–Trinajstić information content (AvgIpc) is 2.91. The predicted molar refractivity (Wildman–Crippen MR) is 82.4 cm³/mol. The van der Waals surface area contributed by atoms with Crippen molar-refractivity contribution in [2.45, 2.75) is 46.0 Å². The minimum Gasteiger partial charge on any atom is -0.481 e. The molecular formula is C17H23NO3. The highest BCUT2D eigenvalue weighted by Gasteiger charge is 2.43. The number of hydrogen-bond donors (Lipinski definition) is 1. The normalized spacial score (nSPS) is 16.7. The van der Waals surface area contributed by atoms with E-state index in [1.165, 1.54) is 0 Å². The maximum atomic E-state index is 12.7. The van der Waals surface area contributed by atoms with Crippen LogP contribution in [-0.2, 0) is 9.59 Å². The summed E-state index contributed by atoms with van der Waals surface area (Å²) >= 11 is 0. The number of benzene rings is 1. The first kappa shape index (κ1) is 15.5. The number of hydrogen-bond acceptors (Lipinski definition) is 2. The summed E-state index contributed by atoms with van der Waals surface area (Å²) in [5.74, 6) is -0.912. The number of anilines is 1. The van der Waals surface area contributed by atoms with Crippen LogP contribution in [0.1, 0.15) is 44.6 Å². The van der Waals surface area contributed by atoms with Crippen molar-refractivity contribution in [3.8, 4) is 0 Å². The molecule has 0 saturated heterocycles. The molecular weight excluding hydrogens is 266 g/mol. The van der Waals surface area contributed by atoms with E-state index in [0.29, 0.717) is 19.4 Å². The number of aryl methyl sites for hydroxylation is 1. The quantitative estimate of drug-likeness (QED) is 0.904. The van der Waals surface area contributed by atoms with E-state index < -0.39 is 11.4 Å². The van der Waals surface area contributed by atoms with Gasteiger partial charge in [0.2, 0.25) is 5.91 Å². The fraction of sp³-hybridized carbons (Fsp3) is 0.529. The van der Waals surface area contributed by atoms with Crippen molar-refractivity contribution < 1.29 is 14.7 Å². The molecule has 0 unspecified atom stereocenters. The van der Waals surface area contributed by atoms with E-state index in [1.807, 2.05) is 38.1 Å². The average molecular weight is 289 g/mol. The number of para-hydroxylation sites is 1. The van der Waals surface area contributed by atoms with Crippen molar-refractivity contribution in [3.05, 3.63) is 29.8 Å². The standard InChI is InChI=1S/C17H23NO3/c1-3-18(14-9-5-4-8-13(14)2)15(19)12-17(16(20)21)10-6-7-11-17/h4-5,8-9H,3,6-7,10-12H2,1-2H3,(H,20,21). The lowest BCUT2D eigenvalue weighted by Crippen LogP contribution is -2.38. The molecule has 114 valence electrons. The van der Waals surface area contributed by atoms with Crippen LogP contribution in [0.5, 0.6) is 0 Å². The van der Waals surface area contributed by atoms with E-state index in [9.17, 15) is 14.7 Å². The highest BCUT2D eigenvalue weighted by molar-refractivity contribution is 5.97. The van der Waals surface area contributed by atoms with Crippen LogP contribution < -0.4 is 4.90 Å². The van der Waals surface area contributed by atoms with Gasteiger partial charge in [-0.3, -0.25) is 9.59 Å². The molecule has 0 radical (unpaired) electrons. The van der Waals surface area contributed by atoms with Crippen LogP contribution in [-0.4, -0.2) is 23.5 Å². The maximum Gasteiger partial charge on any atom is 0.310 e. The third-order valence-corrected chi connectivity index (χ3v) is 4.53. The molecule has 21 heavy (non-hydrogen) atoms. The Morgan fingerprint density at radius 2 is 1.86 bits per heavy atom. The lowest BCUT2D eigenvalue weighted by atomic mass is 9.82. The molecule has 2 rings (SSSR count). The van der Waals surface area contributed by atoms with E-state index in [0.717, 1.165) is 24.1 Å². The summed E-state index contributed by atoms with van der Waals surface area (Å²) in [6, 6.07) is 7.72. The zero-order valence-corrected chi connectivity index (χ0v) is 12.8. The van der Waals surface area contributed by atoms with Crippen molar-refractivity contribution >= 4 is 17.6 Å². The maximum absolute atomic E-state index is 12.7. The summed E-state index contributed by atoms with van der Waals surface area (Å²) in [6.07, 6.45) is 3.12. The Morgan fingerprint density at radius 1 is 1.24 bits per heavy atom. The fourth-order valence-electron chi connectivity index (χ4n) is 3.25. The Labute approximate surface area is 125 Å². The van der Waals surface area contributed by atoms with Gasteiger partial charge < -0.3 is 10.0 Å². The first-order valence-electron chi connectivity index (χ1n) is 7.59. The smallest absolute Gasteiger partial charge is 0.310 e. The summed E-state index contributed by atoms with van der Waals surface area (Å²) in [6.45, 7) is 4.44. The van der Waals surface area contributed by atoms with E-state index >= 15 is 0 Å². The third kappa shape index (κ3) is 3.09. The first-order chi connectivity index (χ1) is 10.00. The van der Waals surface area contributed by atoms with Crippen LogP contribution in [0.2, 0.25) is 0 Å². The van der Waals surface area contributed by atoms with Crippen molar-refractivity contribution in [3.63, 3.8) is 0 Å². The molecule has 1 aromatic carbocycles. The molecule has 0 atom stereocenters. The molecule has 1 N–H and O–H groups in total. The number of amides is 1. The Hall–Kier alpha value is -1.84. The Kier molecular flexibility index (Phi) is 4.66. The highest BCUT2D eigenvalue weighted by Crippen LogP contribution is 2.42. The largest absolute Gasteiger partial charge is 0.481 e. The first-order valence-corrected chi connectivity index (χ1v) is 7.59. The van der Waals surface area contributed by atoms with Crippen molar-refractivity contribution in [1.82, 2.24) is 0 Å². The molecule has 1 aliphatic carbocycles. The highest BCUT2D eigenvalue weighted by atomic mass is 16.4. The number of carbonyl (C=O) groups is 2. The predicted octanol–water partition coefficient (Wildman–Crippen LogP) is 3.38. The molecule has 4 nitrogen and oxygen atoms in total. The second-order valence-electron chi connectivity index (χ2n) is 5.89. The lowest BCUT2D eigenvalue weighted by Gasteiger charge is -2.28. The van der Waals surface area contributed by atoms with Crippen LogP contribution >= 0.6 is 0 Å². The fourth-order valence-corrected chi connectivity index (χ4v) is 3.25. The summed E-state index contributed by atoms with van der Waals surface area (Å²) in [4.78, 5) is 26.0. The molecule has 0 heterocycles. The van der Waals surface area contributed by atoms with E-state index in [2.05, 4.69) is 0 Å². The van der Waals surface area contributed by atoms with Gasteiger partial charge in [0.15, 0.2) is 0 Å². The van der Waals surface area contributed by atoms with Crippen LogP contribution in [0.4, 0.5) is 5.69 Å². The number of carbonyl (C=O) groups excluding carboxylic acids is 1. The summed E-state index contributed by atoms with van der Waals surface area (Å²) in [5.41, 5.74) is 1.06.